The highest BCUT2D eigenvalue weighted by Crippen LogP contribution is 2.18. The van der Waals surface area contributed by atoms with Gasteiger partial charge in [0.1, 0.15) is 13.2 Å². The Kier molecular flexibility index (Phi) is 63.4. The molecule has 10 nitrogen and oxygen atoms in total. The van der Waals surface area contributed by atoms with Crippen LogP contribution in [-0.4, -0.2) is 69.0 Å². The molecule has 0 bridgehead atoms. The van der Waals surface area contributed by atoms with E-state index in [9.17, 15) is 22.8 Å². The molecule has 0 saturated carbocycles. The van der Waals surface area contributed by atoms with E-state index >= 15 is 0 Å². The third-order valence-electron chi connectivity index (χ3n) is 14.6. The molecule has 0 aliphatic heterocycles. The quantitative estimate of drug-likeness (QED) is 0.0261. The van der Waals surface area contributed by atoms with Crippen molar-refractivity contribution < 1.29 is 41.6 Å². The molecule has 0 heterocycles. The highest BCUT2D eigenvalue weighted by molar-refractivity contribution is 7.85. The summed E-state index contributed by atoms with van der Waals surface area (Å²) >= 11 is 0. The van der Waals surface area contributed by atoms with Gasteiger partial charge in [0.2, 0.25) is 0 Å². The molecule has 0 spiro atoms. The second-order valence-electron chi connectivity index (χ2n) is 22.3. The fourth-order valence-corrected chi connectivity index (χ4v) is 10.0. The number of carbonyl (C=O) groups is 3. The van der Waals surface area contributed by atoms with Gasteiger partial charge < -0.3 is 19.5 Å². The van der Waals surface area contributed by atoms with Crippen molar-refractivity contribution in [1.29, 1.82) is 0 Å². The summed E-state index contributed by atoms with van der Waals surface area (Å²) in [5, 5.41) is 2.94. The van der Waals surface area contributed by atoms with Gasteiger partial charge in [0, 0.05) is 25.8 Å². The molecule has 0 unspecified atom stereocenters. The van der Waals surface area contributed by atoms with Crippen molar-refractivity contribution in [2.45, 2.75) is 361 Å². The summed E-state index contributed by atoms with van der Waals surface area (Å²) in [6, 6.07) is 0. The molecule has 0 atom stereocenters. The van der Waals surface area contributed by atoms with Crippen molar-refractivity contribution >= 4 is 28.0 Å². The van der Waals surface area contributed by atoms with Crippen LogP contribution < -0.4 is 5.32 Å². The monoisotopic (exact) mass is 1090 g/mol. The largest absolute Gasteiger partial charge is 0.462 e. The zero-order valence-electron chi connectivity index (χ0n) is 50.3. The number of unbranched alkanes of at least 4 members (excludes halogenated alkanes) is 44. The van der Waals surface area contributed by atoms with Gasteiger partial charge in [-0.2, -0.15) is 8.42 Å². The fourth-order valence-electron chi connectivity index (χ4n) is 9.63. The molecule has 0 aromatic rings. The SMILES string of the molecule is CCCCCCCCCCCCCCCCCC(=O)OCC(COC(=O)CCCCCCCCCCCCCCCCC)OC(=O)CCCCCCCCCCCCCCCCC.CCCCCNCCS(=O)(=O)O. The molecule has 448 valence electrons. The summed E-state index contributed by atoms with van der Waals surface area (Å²) in [4.78, 5) is 38.1. The first kappa shape index (κ1) is 75.4. The van der Waals surface area contributed by atoms with Crippen LogP contribution in [0.5, 0.6) is 0 Å². The Balaban J connectivity index is 0. The maximum absolute atomic E-state index is 12.8. The van der Waals surface area contributed by atoms with Crippen LogP contribution >= 0.6 is 0 Å². The van der Waals surface area contributed by atoms with Gasteiger partial charge in [0.25, 0.3) is 10.1 Å². The number of rotatable bonds is 60. The maximum Gasteiger partial charge on any atom is 0.306 e. The number of esters is 3. The first-order valence-corrected chi connectivity index (χ1v) is 34.4. The lowest BCUT2D eigenvalue weighted by atomic mass is 10.0. The summed E-state index contributed by atoms with van der Waals surface area (Å²) < 4.78 is 45.7. The first-order chi connectivity index (χ1) is 36.6. The van der Waals surface area contributed by atoms with Crippen molar-refractivity contribution in [2.24, 2.45) is 0 Å². The van der Waals surface area contributed by atoms with Gasteiger partial charge in [0.05, 0.1) is 5.75 Å². The molecule has 0 amide bonds. The van der Waals surface area contributed by atoms with E-state index in [0.717, 1.165) is 83.6 Å². The molecule has 0 aliphatic rings. The van der Waals surface area contributed by atoms with E-state index in [1.807, 2.05) is 0 Å². The number of hydrogen-bond acceptors (Lipinski definition) is 9. The summed E-state index contributed by atoms with van der Waals surface area (Å²) in [5.41, 5.74) is 0. The topological polar surface area (TPSA) is 145 Å². The van der Waals surface area contributed by atoms with Crippen LogP contribution in [0.2, 0.25) is 0 Å². The molecule has 0 aromatic heterocycles. The van der Waals surface area contributed by atoms with Crippen LogP contribution in [0.1, 0.15) is 355 Å². The van der Waals surface area contributed by atoms with E-state index in [-0.39, 0.29) is 36.9 Å². The number of hydrogen-bond donors (Lipinski definition) is 2. The lowest BCUT2D eigenvalue weighted by Gasteiger charge is -2.18. The third-order valence-corrected chi connectivity index (χ3v) is 15.3. The third kappa shape index (κ3) is 68.3. The second kappa shape index (κ2) is 63.1. The van der Waals surface area contributed by atoms with E-state index in [2.05, 4.69) is 33.0 Å². The molecule has 0 saturated heterocycles. The van der Waals surface area contributed by atoms with Gasteiger partial charge in [-0.15, -0.1) is 0 Å². The van der Waals surface area contributed by atoms with Gasteiger partial charge in [-0.05, 0) is 32.2 Å². The number of nitrogens with one attached hydrogen (secondary N) is 1. The van der Waals surface area contributed by atoms with E-state index in [1.54, 1.807) is 0 Å². The molecular weight excluding hydrogens is 959 g/mol. The Labute approximate surface area is 466 Å². The zero-order chi connectivity index (χ0) is 55.2. The summed E-state index contributed by atoms with van der Waals surface area (Å²) in [6.45, 7) is 9.97. The Morgan fingerprint density at radius 1 is 0.333 bits per heavy atom. The molecular formula is C64H127NO9S. The molecule has 0 radical (unpaired) electrons. The molecule has 11 heteroatoms. The Bertz CT molecular complexity index is 1230. The van der Waals surface area contributed by atoms with Crippen LogP contribution in [0.3, 0.4) is 0 Å². The summed E-state index contributed by atoms with van der Waals surface area (Å²) in [7, 11) is -3.78. The van der Waals surface area contributed by atoms with Crippen LogP contribution in [-0.2, 0) is 38.7 Å². The maximum atomic E-state index is 12.8. The van der Waals surface area contributed by atoms with Gasteiger partial charge >= 0.3 is 17.9 Å². The Morgan fingerprint density at radius 3 is 0.813 bits per heavy atom. The highest BCUT2D eigenvalue weighted by atomic mass is 32.2. The second-order valence-corrected chi connectivity index (χ2v) is 23.9. The van der Waals surface area contributed by atoms with Crippen LogP contribution in [0, 0.1) is 0 Å². The standard InChI is InChI=1S/C57H110O6.C7H17NO3S/c1-4-7-10-13-16-19-22-25-28-31-34-37-40-43-46-49-55(58)61-52-54(63-57(60)51-48-45-42-39-36-33-30-27-24-21-18-15-12-9-6-3)53-62-56(59)50-47-44-41-38-35-32-29-26-23-20-17-14-11-8-5-2;1-2-3-4-5-8-6-7-12(9,10)11/h54H,4-53H2,1-3H3;8H,2-7H2,1H3,(H,9,10,11). The predicted octanol–water partition coefficient (Wildman–Crippen LogP) is 19.4. The molecule has 0 aliphatic carbocycles. The smallest absolute Gasteiger partial charge is 0.306 e. The molecule has 0 fully saturated rings. The lowest BCUT2D eigenvalue weighted by Crippen LogP contribution is -2.30. The van der Waals surface area contributed by atoms with Crippen molar-refractivity contribution in [3.63, 3.8) is 0 Å². The van der Waals surface area contributed by atoms with Crippen molar-refractivity contribution in [3.8, 4) is 0 Å². The predicted molar refractivity (Wildman–Crippen MR) is 319 cm³/mol. The number of carbonyl (C=O) groups excluding carboxylic acids is 3. The Hall–Kier alpha value is -1.72. The number of ether oxygens (including phenoxy) is 3. The minimum absolute atomic E-state index is 0.0611. The van der Waals surface area contributed by atoms with Crippen molar-refractivity contribution in [3.05, 3.63) is 0 Å². The van der Waals surface area contributed by atoms with E-state index in [0.29, 0.717) is 25.8 Å². The van der Waals surface area contributed by atoms with Crippen molar-refractivity contribution in [2.75, 3.05) is 32.1 Å². The molecule has 75 heavy (non-hydrogen) atoms. The minimum Gasteiger partial charge on any atom is -0.462 e. The summed E-state index contributed by atoms with van der Waals surface area (Å²) in [6.07, 6.45) is 61.3. The van der Waals surface area contributed by atoms with Crippen LogP contribution in [0.15, 0.2) is 0 Å². The van der Waals surface area contributed by atoms with E-state index in [4.69, 9.17) is 18.8 Å². The lowest BCUT2D eigenvalue weighted by molar-refractivity contribution is -0.167. The highest BCUT2D eigenvalue weighted by Gasteiger charge is 2.19. The van der Waals surface area contributed by atoms with Crippen LogP contribution in [0.4, 0.5) is 0 Å². The summed E-state index contributed by atoms with van der Waals surface area (Å²) in [5.74, 6) is -1.03. The van der Waals surface area contributed by atoms with Gasteiger partial charge in [-0.1, -0.05) is 310 Å². The fraction of sp³-hybridized carbons (Fsp3) is 0.953. The van der Waals surface area contributed by atoms with Gasteiger partial charge in [0.15, 0.2) is 6.10 Å². The first-order valence-electron chi connectivity index (χ1n) is 32.8. The molecule has 0 rings (SSSR count). The van der Waals surface area contributed by atoms with Gasteiger partial charge in [-0.3, -0.25) is 18.9 Å². The van der Waals surface area contributed by atoms with E-state index in [1.165, 1.54) is 231 Å². The Morgan fingerprint density at radius 2 is 0.560 bits per heavy atom. The minimum atomic E-state index is -3.78. The van der Waals surface area contributed by atoms with Gasteiger partial charge in [-0.25, -0.2) is 0 Å². The zero-order valence-corrected chi connectivity index (χ0v) is 51.1. The normalized spacial score (nSPS) is 11.5. The average Bonchev–Trinajstić information content (AvgIpc) is 3.39. The molecule has 0 aromatic carbocycles. The molecule has 2 N–H and O–H groups in total. The average molecular weight is 1090 g/mol. The van der Waals surface area contributed by atoms with Crippen LogP contribution in [0.25, 0.3) is 0 Å². The van der Waals surface area contributed by atoms with Crippen molar-refractivity contribution in [1.82, 2.24) is 5.32 Å². The van der Waals surface area contributed by atoms with E-state index < -0.39 is 16.2 Å².